The van der Waals surface area contributed by atoms with Gasteiger partial charge in [0.1, 0.15) is 5.82 Å². The lowest BCUT2D eigenvalue weighted by molar-refractivity contribution is -0.130. The molecule has 9 heteroatoms. The van der Waals surface area contributed by atoms with Crippen molar-refractivity contribution < 1.29 is 14.1 Å². The zero-order chi connectivity index (χ0) is 20.9. The van der Waals surface area contributed by atoms with E-state index in [1.807, 2.05) is 17.0 Å². The number of carbonyl (C=O) groups excluding carboxylic acids is 1. The summed E-state index contributed by atoms with van der Waals surface area (Å²) in [6.45, 7) is 5.64. The molecule has 0 unspecified atom stereocenters. The third-order valence-electron chi connectivity index (χ3n) is 6.03. The van der Waals surface area contributed by atoms with Crippen molar-refractivity contribution in [3.8, 4) is 11.4 Å². The Hall–Kier alpha value is -2.52. The normalized spacial score (nSPS) is 20.6. The van der Waals surface area contributed by atoms with Gasteiger partial charge in [0.2, 0.25) is 17.6 Å². The first-order valence-electron chi connectivity index (χ1n) is 10.7. The summed E-state index contributed by atoms with van der Waals surface area (Å²) in [5.41, 5.74) is 0.874. The molecule has 1 amide bonds. The molecule has 0 saturated carbocycles. The lowest BCUT2D eigenvalue weighted by atomic mass is 10.0. The van der Waals surface area contributed by atoms with Crippen LogP contribution in [0, 0.1) is 0 Å². The molecule has 1 atom stereocenters. The van der Waals surface area contributed by atoms with E-state index in [1.165, 1.54) is 0 Å². The molecule has 4 rings (SSSR count). The number of carbonyl (C=O) groups is 1. The Morgan fingerprint density at radius 2 is 2.13 bits per heavy atom. The monoisotopic (exact) mass is 414 g/mol. The molecule has 2 fully saturated rings. The lowest BCUT2D eigenvalue weighted by Crippen LogP contribution is -2.46. The van der Waals surface area contributed by atoms with Gasteiger partial charge in [0.15, 0.2) is 0 Å². The fourth-order valence-electron chi connectivity index (χ4n) is 4.44. The summed E-state index contributed by atoms with van der Waals surface area (Å²) in [5, 5.41) is 7.46. The molecule has 0 bridgehead atoms. The quantitative estimate of drug-likeness (QED) is 0.690. The predicted octanol–water partition coefficient (Wildman–Crippen LogP) is 2.34. The van der Waals surface area contributed by atoms with Crippen LogP contribution in [-0.2, 0) is 9.53 Å². The third kappa shape index (κ3) is 4.62. The highest BCUT2D eigenvalue weighted by molar-refractivity contribution is 5.73. The summed E-state index contributed by atoms with van der Waals surface area (Å²) in [7, 11) is 1.67. The molecule has 2 saturated heterocycles. The van der Waals surface area contributed by atoms with Crippen LogP contribution in [0.2, 0.25) is 0 Å². The zero-order valence-electron chi connectivity index (χ0n) is 17.7. The molecule has 30 heavy (non-hydrogen) atoms. The SMILES string of the molecule is COCCNc1cc(-c2noc([C@@H]3CCCN3C3CCN(C(C)=O)CC3)n2)ccn1. The summed E-state index contributed by atoms with van der Waals surface area (Å²) in [4.78, 5) is 25.1. The van der Waals surface area contributed by atoms with Gasteiger partial charge in [0, 0.05) is 51.5 Å². The number of aromatic nitrogens is 3. The van der Waals surface area contributed by atoms with Crippen LogP contribution in [0.5, 0.6) is 0 Å². The van der Waals surface area contributed by atoms with Crippen LogP contribution in [-0.4, -0.2) is 76.8 Å². The van der Waals surface area contributed by atoms with E-state index >= 15 is 0 Å². The van der Waals surface area contributed by atoms with Crippen LogP contribution < -0.4 is 5.32 Å². The van der Waals surface area contributed by atoms with E-state index in [-0.39, 0.29) is 11.9 Å². The zero-order valence-corrected chi connectivity index (χ0v) is 17.7. The highest BCUT2D eigenvalue weighted by atomic mass is 16.5. The molecule has 1 N–H and O–H groups in total. The average molecular weight is 415 g/mol. The minimum absolute atomic E-state index is 0.154. The highest BCUT2D eigenvalue weighted by Gasteiger charge is 2.37. The van der Waals surface area contributed by atoms with Gasteiger partial charge in [-0.25, -0.2) is 4.98 Å². The Labute approximate surface area is 176 Å². The van der Waals surface area contributed by atoms with Gasteiger partial charge in [-0.2, -0.15) is 4.98 Å². The molecule has 0 aromatic carbocycles. The van der Waals surface area contributed by atoms with E-state index in [0.29, 0.717) is 30.9 Å². The van der Waals surface area contributed by atoms with Gasteiger partial charge in [0.25, 0.3) is 0 Å². The molecule has 0 spiro atoms. The molecule has 0 radical (unpaired) electrons. The van der Waals surface area contributed by atoms with Crippen molar-refractivity contribution in [3.05, 3.63) is 24.2 Å². The van der Waals surface area contributed by atoms with Crippen LogP contribution in [0.3, 0.4) is 0 Å². The number of ether oxygens (including phenoxy) is 1. The number of likely N-dealkylation sites (tertiary alicyclic amines) is 2. The molecular formula is C21H30N6O3. The first-order chi connectivity index (χ1) is 14.7. The van der Waals surface area contributed by atoms with Crippen molar-refractivity contribution in [1.29, 1.82) is 0 Å². The smallest absolute Gasteiger partial charge is 0.244 e. The van der Waals surface area contributed by atoms with E-state index < -0.39 is 0 Å². The molecule has 9 nitrogen and oxygen atoms in total. The van der Waals surface area contributed by atoms with Crippen LogP contribution in [0.4, 0.5) is 5.82 Å². The number of nitrogens with one attached hydrogen (secondary N) is 1. The fraction of sp³-hybridized carbons (Fsp3) is 0.619. The largest absolute Gasteiger partial charge is 0.383 e. The third-order valence-corrected chi connectivity index (χ3v) is 6.03. The first kappa shape index (κ1) is 20.7. The maximum Gasteiger partial charge on any atom is 0.244 e. The van der Waals surface area contributed by atoms with Crippen molar-refractivity contribution in [2.24, 2.45) is 0 Å². The van der Waals surface area contributed by atoms with E-state index in [9.17, 15) is 4.79 Å². The van der Waals surface area contributed by atoms with Crippen molar-refractivity contribution >= 4 is 11.7 Å². The number of nitrogens with zero attached hydrogens (tertiary/aromatic N) is 5. The molecule has 2 aromatic heterocycles. The first-order valence-corrected chi connectivity index (χ1v) is 10.7. The number of hydrogen-bond donors (Lipinski definition) is 1. The standard InChI is InChI=1S/C21H30N6O3/c1-15(28)26-11-6-17(7-12-26)27-10-3-4-18(27)21-24-20(25-30-21)16-5-8-22-19(14-16)23-9-13-29-2/h5,8,14,17-18H,3-4,6-7,9-13H2,1-2H3,(H,22,23)/t18-/m0/s1. The fourth-order valence-corrected chi connectivity index (χ4v) is 4.44. The second-order valence-electron chi connectivity index (χ2n) is 7.94. The lowest BCUT2D eigenvalue weighted by Gasteiger charge is -2.38. The van der Waals surface area contributed by atoms with Crippen LogP contribution in [0.15, 0.2) is 22.9 Å². The molecule has 4 heterocycles. The van der Waals surface area contributed by atoms with Crippen molar-refractivity contribution in [1.82, 2.24) is 24.9 Å². The number of methoxy groups -OCH3 is 1. The van der Waals surface area contributed by atoms with E-state index in [4.69, 9.17) is 14.2 Å². The number of rotatable bonds is 7. The average Bonchev–Trinajstić information content (AvgIpc) is 3.44. The number of piperidine rings is 1. The summed E-state index contributed by atoms with van der Waals surface area (Å²) in [6.07, 6.45) is 5.88. The highest BCUT2D eigenvalue weighted by Crippen LogP contribution is 2.36. The number of anilines is 1. The Morgan fingerprint density at radius 1 is 1.30 bits per heavy atom. The second kappa shape index (κ2) is 9.53. The van der Waals surface area contributed by atoms with Gasteiger partial charge < -0.3 is 19.5 Å². The van der Waals surface area contributed by atoms with Gasteiger partial charge >= 0.3 is 0 Å². The maximum atomic E-state index is 11.6. The molecular weight excluding hydrogens is 384 g/mol. The molecule has 0 aliphatic carbocycles. The number of amides is 1. The topological polar surface area (TPSA) is 96.6 Å². The van der Waals surface area contributed by atoms with Crippen molar-refractivity contribution in [2.45, 2.75) is 44.7 Å². The Kier molecular flexibility index (Phi) is 6.59. The minimum atomic E-state index is 0.154. The Balaban J connectivity index is 1.43. The predicted molar refractivity (Wildman–Crippen MR) is 112 cm³/mol. The number of pyridine rings is 1. The summed E-state index contributed by atoms with van der Waals surface area (Å²) < 4.78 is 10.8. The summed E-state index contributed by atoms with van der Waals surface area (Å²) >= 11 is 0. The van der Waals surface area contributed by atoms with Gasteiger partial charge in [-0.15, -0.1) is 0 Å². The molecule has 2 aliphatic heterocycles. The van der Waals surface area contributed by atoms with Crippen LogP contribution in [0.25, 0.3) is 11.4 Å². The Bertz CT molecular complexity index is 849. The van der Waals surface area contributed by atoms with Gasteiger partial charge in [-0.05, 0) is 44.4 Å². The Morgan fingerprint density at radius 3 is 2.90 bits per heavy atom. The molecule has 2 aliphatic rings. The van der Waals surface area contributed by atoms with E-state index in [1.54, 1.807) is 20.2 Å². The maximum absolute atomic E-state index is 11.6. The summed E-state index contributed by atoms with van der Waals surface area (Å²) in [6, 6.07) is 4.43. The van der Waals surface area contributed by atoms with Crippen LogP contribution >= 0.6 is 0 Å². The van der Waals surface area contributed by atoms with Gasteiger partial charge in [-0.3, -0.25) is 9.69 Å². The van der Waals surface area contributed by atoms with Crippen LogP contribution in [0.1, 0.15) is 44.5 Å². The van der Waals surface area contributed by atoms with Gasteiger partial charge in [-0.1, -0.05) is 5.16 Å². The molecule has 162 valence electrons. The summed E-state index contributed by atoms with van der Waals surface area (Å²) in [5.74, 6) is 2.19. The van der Waals surface area contributed by atoms with E-state index in [2.05, 4.69) is 20.4 Å². The van der Waals surface area contributed by atoms with Gasteiger partial charge in [0.05, 0.1) is 12.6 Å². The molecule has 2 aromatic rings. The van der Waals surface area contributed by atoms with E-state index in [0.717, 1.165) is 56.7 Å². The minimum Gasteiger partial charge on any atom is -0.383 e. The number of hydrogen-bond acceptors (Lipinski definition) is 8. The second-order valence-corrected chi connectivity index (χ2v) is 7.94. The van der Waals surface area contributed by atoms with Crippen molar-refractivity contribution in [2.75, 3.05) is 45.2 Å². The van der Waals surface area contributed by atoms with Crippen molar-refractivity contribution in [3.63, 3.8) is 0 Å².